The highest BCUT2D eigenvalue weighted by Gasteiger charge is 2.18. The highest BCUT2D eigenvalue weighted by atomic mass is 16.2. The molecule has 6 heteroatoms. The summed E-state index contributed by atoms with van der Waals surface area (Å²) in [6.45, 7) is 10.7. The fraction of sp³-hybridized carbons (Fsp3) is 0.500. The standard InChI is InChI=1S/C18H27N3O3/c1-10(2)16(22)19-13-8-7-9-14(20-17(23)11(3)4)15(13)21-18(24)12(5)6/h7-12H,1-6H3,(H,19,22)(H,20,23)(H,21,24). The van der Waals surface area contributed by atoms with Crippen molar-refractivity contribution in [1.29, 1.82) is 0 Å². The van der Waals surface area contributed by atoms with Gasteiger partial charge in [0.15, 0.2) is 0 Å². The first-order valence-corrected chi connectivity index (χ1v) is 8.19. The lowest BCUT2D eigenvalue weighted by Crippen LogP contribution is -2.24. The first-order valence-electron chi connectivity index (χ1n) is 8.19. The highest BCUT2D eigenvalue weighted by Crippen LogP contribution is 2.32. The number of para-hydroxylation sites is 1. The van der Waals surface area contributed by atoms with E-state index in [0.717, 1.165) is 0 Å². The predicted octanol–water partition coefficient (Wildman–Crippen LogP) is 3.47. The van der Waals surface area contributed by atoms with E-state index in [2.05, 4.69) is 16.0 Å². The van der Waals surface area contributed by atoms with E-state index in [-0.39, 0.29) is 35.5 Å². The maximum Gasteiger partial charge on any atom is 0.227 e. The van der Waals surface area contributed by atoms with Gasteiger partial charge in [0.05, 0.1) is 17.1 Å². The molecule has 1 rings (SSSR count). The lowest BCUT2D eigenvalue weighted by molar-refractivity contribution is -0.119. The average Bonchev–Trinajstić information content (AvgIpc) is 2.49. The van der Waals surface area contributed by atoms with Crippen LogP contribution in [-0.2, 0) is 14.4 Å². The Morgan fingerprint density at radius 2 is 1.00 bits per heavy atom. The number of amides is 3. The zero-order valence-electron chi connectivity index (χ0n) is 15.2. The summed E-state index contributed by atoms with van der Waals surface area (Å²) in [6, 6.07) is 5.11. The molecule has 0 aliphatic carbocycles. The van der Waals surface area contributed by atoms with Crippen molar-refractivity contribution in [3.63, 3.8) is 0 Å². The Balaban J connectivity index is 3.24. The minimum atomic E-state index is -0.229. The molecular formula is C18H27N3O3. The summed E-state index contributed by atoms with van der Waals surface area (Å²) in [4.78, 5) is 36.1. The van der Waals surface area contributed by atoms with Gasteiger partial charge in [-0.1, -0.05) is 47.6 Å². The molecule has 132 valence electrons. The van der Waals surface area contributed by atoms with Crippen LogP contribution in [0.15, 0.2) is 18.2 Å². The van der Waals surface area contributed by atoms with Gasteiger partial charge in [0.1, 0.15) is 0 Å². The van der Waals surface area contributed by atoms with E-state index >= 15 is 0 Å². The number of carbonyl (C=O) groups excluding carboxylic acids is 3. The lowest BCUT2D eigenvalue weighted by atomic mass is 10.1. The second kappa shape index (κ2) is 8.47. The topological polar surface area (TPSA) is 87.3 Å². The molecule has 0 fully saturated rings. The lowest BCUT2D eigenvalue weighted by Gasteiger charge is -2.19. The van der Waals surface area contributed by atoms with Crippen LogP contribution in [0.2, 0.25) is 0 Å². The summed E-state index contributed by atoms with van der Waals surface area (Å²) in [5.74, 6) is -1.15. The number of benzene rings is 1. The zero-order valence-corrected chi connectivity index (χ0v) is 15.2. The van der Waals surface area contributed by atoms with Gasteiger partial charge in [0.25, 0.3) is 0 Å². The molecule has 3 amide bonds. The number of hydrogen-bond donors (Lipinski definition) is 3. The van der Waals surface area contributed by atoms with Crippen LogP contribution in [0, 0.1) is 17.8 Å². The molecule has 0 saturated carbocycles. The summed E-state index contributed by atoms with van der Waals surface area (Å²) in [5, 5.41) is 8.38. The molecular weight excluding hydrogens is 306 g/mol. The van der Waals surface area contributed by atoms with Crippen LogP contribution < -0.4 is 16.0 Å². The van der Waals surface area contributed by atoms with Gasteiger partial charge in [-0.2, -0.15) is 0 Å². The Hall–Kier alpha value is -2.37. The van der Waals surface area contributed by atoms with Crippen LogP contribution >= 0.6 is 0 Å². The minimum absolute atomic E-state index is 0.164. The van der Waals surface area contributed by atoms with Crippen molar-refractivity contribution in [2.24, 2.45) is 17.8 Å². The maximum absolute atomic E-state index is 12.1. The van der Waals surface area contributed by atoms with Gasteiger partial charge in [0.2, 0.25) is 17.7 Å². The second-order valence-corrected chi connectivity index (χ2v) is 6.66. The van der Waals surface area contributed by atoms with Gasteiger partial charge in [0, 0.05) is 17.8 Å². The van der Waals surface area contributed by atoms with E-state index in [1.807, 2.05) is 0 Å². The number of carbonyl (C=O) groups is 3. The number of nitrogens with one attached hydrogen (secondary N) is 3. The third-order valence-corrected chi connectivity index (χ3v) is 3.40. The molecule has 24 heavy (non-hydrogen) atoms. The highest BCUT2D eigenvalue weighted by molar-refractivity contribution is 6.07. The largest absolute Gasteiger partial charge is 0.324 e. The Labute approximate surface area is 143 Å². The summed E-state index contributed by atoms with van der Waals surface area (Å²) in [6.07, 6.45) is 0. The van der Waals surface area contributed by atoms with E-state index < -0.39 is 0 Å². The van der Waals surface area contributed by atoms with Crippen molar-refractivity contribution in [3.8, 4) is 0 Å². The van der Waals surface area contributed by atoms with Crippen LogP contribution in [0.25, 0.3) is 0 Å². The maximum atomic E-state index is 12.1. The molecule has 0 saturated heterocycles. The number of anilines is 3. The van der Waals surface area contributed by atoms with E-state index in [9.17, 15) is 14.4 Å². The Bertz CT molecular complexity index is 582. The fourth-order valence-corrected chi connectivity index (χ4v) is 1.72. The first-order chi connectivity index (χ1) is 11.1. The van der Waals surface area contributed by atoms with E-state index in [1.54, 1.807) is 59.7 Å². The molecule has 0 bridgehead atoms. The van der Waals surface area contributed by atoms with Gasteiger partial charge in [-0.3, -0.25) is 14.4 Å². The minimum Gasteiger partial charge on any atom is -0.324 e. The molecule has 0 atom stereocenters. The second-order valence-electron chi connectivity index (χ2n) is 6.66. The molecule has 0 spiro atoms. The molecule has 3 N–H and O–H groups in total. The molecule has 1 aromatic rings. The Morgan fingerprint density at radius 3 is 1.33 bits per heavy atom. The van der Waals surface area contributed by atoms with E-state index in [0.29, 0.717) is 17.1 Å². The van der Waals surface area contributed by atoms with Crippen molar-refractivity contribution in [3.05, 3.63) is 18.2 Å². The predicted molar refractivity (Wildman–Crippen MR) is 96.8 cm³/mol. The zero-order chi connectivity index (χ0) is 18.4. The fourth-order valence-electron chi connectivity index (χ4n) is 1.72. The summed E-state index contributed by atoms with van der Waals surface area (Å²) in [7, 11) is 0. The van der Waals surface area contributed by atoms with Gasteiger partial charge in [-0.25, -0.2) is 0 Å². The third-order valence-electron chi connectivity index (χ3n) is 3.40. The van der Waals surface area contributed by atoms with Crippen molar-refractivity contribution in [1.82, 2.24) is 0 Å². The van der Waals surface area contributed by atoms with Crippen LogP contribution in [-0.4, -0.2) is 17.7 Å². The summed E-state index contributed by atoms with van der Waals surface area (Å²) >= 11 is 0. The van der Waals surface area contributed by atoms with Crippen molar-refractivity contribution in [2.75, 3.05) is 16.0 Å². The summed E-state index contributed by atoms with van der Waals surface area (Å²) < 4.78 is 0. The third kappa shape index (κ3) is 5.37. The van der Waals surface area contributed by atoms with E-state index in [1.165, 1.54) is 0 Å². The van der Waals surface area contributed by atoms with Crippen LogP contribution in [0.4, 0.5) is 17.1 Å². The molecule has 0 aromatic heterocycles. The number of rotatable bonds is 6. The first kappa shape index (κ1) is 19.7. The summed E-state index contributed by atoms with van der Waals surface area (Å²) in [5.41, 5.74) is 1.33. The van der Waals surface area contributed by atoms with Crippen LogP contribution in [0.1, 0.15) is 41.5 Å². The molecule has 0 heterocycles. The van der Waals surface area contributed by atoms with Crippen molar-refractivity contribution in [2.45, 2.75) is 41.5 Å². The quantitative estimate of drug-likeness (QED) is 0.745. The average molecular weight is 333 g/mol. The van der Waals surface area contributed by atoms with Crippen molar-refractivity contribution >= 4 is 34.8 Å². The normalized spacial score (nSPS) is 10.9. The van der Waals surface area contributed by atoms with Gasteiger partial charge < -0.3 is 16.0 Å². The molecule has 1 aromatic carbocycles. The number of hydrogen-bond acceptors (Lipinski definition) is 3. The molecule has 0 aliphatic heterocycles. The Morgan fingerprint density at radius 1 is 0.667 bits per heavy atom. The van der Waals surface area contributed by atoms with E-state index in [4.69, 9.17) is 0 Å². The van der Waals surface area contributed by atoms with Crippen LogP contribution in [0.3, 0.4) is 0 Å². The van der Waals surface area contributed by atoms with Gasteiger partial charge >= 0.3 is 0 Å². The smallest absolute Gasteiger partial charge is 0.227 e. The molecule has 0 unspecified atom stereocenters. The molecule has 0 radical (unpaired) electrons. The van der Waals surface area contributed by atoms with Gasteiger partial charge in [-0.05, 0) is 12.1 Å². The molecule has 0 aliphatic rings. The molecule has 6 nitrogen and oxygen atoms in total. The Kier molecular flexibility index (Phi) is 6.95. The monoisotopic (exact) mass is 333 g/mol. The van der Waals surface area contributed by atoms with Gasteiger partial charge in [-0.15, -0.1) is 0 Å². The van der Waals surface area contributed by atoms with Crippen molar-refractivity contribution < 1.29 is 14.4 Å². The van der Waals surface area contributed by atoms with Crippen LogP contribution in [0.5, 0.6) is 0 Å². The SMILES string of the molecule is CC(C)C(=O)Nc1cccc(NC(=O)C(C)C)c1NC(=O)C(C)C.